The fraction of sp³-hybridized carbons (Fsp3) is 0.625. The van der Waals surface area contributed by atoms with Crippen LogP contribution in [0.5, 0.6) is 0 Å². The van der Waals surface area contributed by atoms with Crippen LogP contribution in [-0.4, -0.2) is 15.5 Å². The number of carbonyl (C=O) groups excluding carboxylic acids is 1. The summed E-state index contributed by atoms with van der Waals surface area (Å²) >= 11 is 1.19. The van der Waals surface area contributed by atoms with Gasteiger partial charge in [-0.2, -0.15) is 0 Å². The minimum atomic E-state index is 0.0490. The third kappa shape index (κ3) is 3.10. The first-order valence-corrected chi connectivity index (χ1v) is 5.09. The summed E-state index contributed by atoms with van der Waals surface area (Å²) in [7, 11) is 0. The molecule has 0 radical (unpaired) electrons. The van der Waals surface area contributed by atoms with E-state index in [1.54, 1.807) is 6.20 Å². The summed E-state index contributed by atoms with van der Waals surface area (Å²) < 4.78 is 3.66. The van der Waals surface area contributed by atoms with Gasteiger partial charge in [0.05, 0.1) is 6.20 Å². The van der Waals surface area contributed by atoms with Crippen LogP contribution in [0.2, 0.25) is 0 Å². The molecule has 1 rings (SSSR count). The first kappa shape index (κ1) is 10.1. The Morgan fingerprint density at radius 2 is 2.54 bits per heavy atom. The van der Waals surface area contributed by atoms with Crippen LogP contribution in [0.3, 0.4) is 0 Å². The van der Waals surface area contributed by atoms with Gasteiger partial charge in [0, 0.05) is 17.5 Å². The van der Waals surface area contributed by atoms with Crippen LogP contribution in [0.25, 0.3) is 0 Å². The molecule has 0 bridgehead atoms. The van der Waals surface area contributed by atoms with Gasteiger partial charge in [-0.05, 0) is 6.42 Å². The molecular formula is C8H13N3OS. The second-order valence-corrected chi connectivity index (χ2v) is 3.75. The van der Waals surface area contributed by atoms with Gasteiger partial charge in [-0.1, -0.05) is 24.8 Å². The molecule has 1 amide bonds. The van der Waals surface area contributed by atoms with Crippen LogP contribution >= 0.6 is 11.5 Å². The summed E-state index contributed by atoms with van der Waals surface area (Å²) in [6.07, 6.45) is 3.49. The predicted molar refractivity (Wildman–Crippen MR) is 52.6 cm³/mol. The second kappa shape index (κ2) is 4.91. The van der Waals surface area contributed by atoms with Crippen LogP contribution in [0.4, 0.5) is 5.00 Å². The van der Waals surface area contributed by atoms with E-state index in [1.165, 1.54) is 11.5 Å². The minimum absolute atomic E-state index is 0.0490. The molecule has 4 nitrogen and oxygen atoms in total. The third-order valence-corrected chi connectivity index (χ3v) is 2.36. The Morgan fingerprint density at radius 1 is 1.77 bits per heavy atom. The summed E-state index contributed by atoms with van der Waals surface area (Å²) in [6, 6.07) is 0. The molecule has 72 valence electrons. The summed E-state index contributed by atoms with van der Waals surface area (Å²) in [6.45, 7) is 3.99. The molecule has 1 unspecified atom stereocenters. The number of hydrogen-bond acceptors (Lipinski definition) is 4. The average molecular weight is 199 g/mol. The van der Waals surface area contributed by atoms with E-state index < -0.39 is 0 Å². The monoisotopic (exact) mass is 199 g/mol. The summed E-state index contributed by atoms with van der Waals surface area (Å²) in [4.78, 5) is 11.4. The highest BCUT2D eigenvalue weighted by Gasteiger charge is 2.12. The predicted octanol–water partition coefficient (Wildman–Crippen LogP) is 1.91. The van der Waals surface area contributed by atoms with Gasteiger partial charge < -0.3 is 5.32 Å². The maximum absolute atomic E-state index is 11.4. The number of amides is 1. The van der Waals surface area contributed by atoms with Gasteiger partial charge in [-0.3, -0.25) is 4.79 Å². The van der Waals surface area contributed by atoms with Gasteiger partial charge in [-0.25, -0.2) is 0 Å². The highest BCUT2D eigenvalue weighted by molar-refractivity contribution is 7.10. The van der Waals surface area contributed by atoms with Gasteiger partial charge in [0.1, 0.15) is 5.00 Å². The number of anilines is 1. The van der Waals surface area contributed by atoms with Crippen LogP contribution in [0.1, 0.15) is 26.7 Å². The van der Waals surface area contributed by atoms with Crippen LogP contribution in [0, 0.1) is 5.92 Å². The van der Waals surface area contributed by atoms with E-state index in [2.05, 4.69) is 21.8 Å². The van der Waals surface area contributed by atoms with E-state index in [1.807, 2.05) is 6.92 Å². The fourth-order valence-electron chi connectivity index (χ4n) is 1.03. The van der Waals surface area contributed by atoms with Crippen molar-refractivity contribution in [1.82, 2.24) is 9.59 Å². The molecule has 13 heavy (non-hydrogen) atoms. The molecule has 0 saturated carbocycles. The quantitative estimate of drug-likeness (QED) is 0.806. The van der Waals surface area contributed by atoms with Crippen LogP contribution in [-0.2, 0) is 4.79 Å². The molecule has 1 N–H and O–H groups in total. The van der Waals surface area contributed by atoms with E-state index in [9.17, 15) is 4.79 Å². The van der Waals surface area contributed by atoms with E-state index >= 15 is 0 Å². The molecular weight excluding hydrogens is 186 g/mol. The van der Waals surface area contributed by atoms with Gasteiger partial charge in [0.25, 0.3) is 0 Å². The summed E-state index contributed by atoms with van der Waals surface area (Å²) in [5.74, 6) is 0.111. The minimum Gasteiger partial charge on any atom is -0.315 e. The summed E-state index contributed by atoms with van der Waals surface area (Å²) in [5.41, 5.74) is 0. The Bertz CT molecular complexity index is 260. The van der Waals surface area contributed by atoms with E-state index in [0.29, 0.717) is 5.00 Å². The number of rotatable bonds is 4. The standard InChI is InChI=1S/C8H13N3OS/c1-3-4-6(2)8(12)10-7-5-9-11-13-7/h5-6H,3-4H2,1-2H3,(H,10,12). The Morgan fingerprint density at radius 3 is 3.08 bits per heavy atom. The lowest BCUT2D eigenvalue weighted by molar-refractivity contribution is -0.119. The van der Waals surface area contributed by atoms with Crippen LogP contribution < -0.4 is 5.32 Å². The van der Waals surface area contributed by atoms with Gasteiger partial charge in [0.15, 0.2) is 0 Å². The van der Waals surface area contributed by atoms with Crippen molar-refractivity contribution in [3.63, 3.8) is 0 Å². The zero-order valence-electron chi connectivity index (χ0n) is 7.78. The topological polar surface area (TPSA) is 54.9 Å². The molecule has 1 heterocycles. The SMILES string of the molecule is CCCC(C)C(=O)Nc1cnns1. The smallest absolute Gasteiger partial charge is 0.227 e. The van der Waals surface area contributed by atoms with Crippen LogP contribution in [0.15, 0.2) is 6.20 Å². The first-order chi connectivity index (χ1) is 6.24. The van der Waals surface area contributed by atoms with Crippen molar-refractivity contribution in [1.29, 1.82) is 0 Å². The number of hydrogen-bond donors (Lipinski definition) is 1. The lowest BCUT2D eigenvalue weighted by atomic mass is 10.1. The van der Waals surface area contributed by atoms with Crippen molar-refractivity contribution in [2.24, 2.45) is 5.92 Å². The Labute approximate surface area is 81.5 Å². The van der Waals surface area contributed by atoms with Crippen molar-refractivity contribution in [3.05, 3.63) is 6.20 Å². The van der Waals surface area contributed by atoms with E-state index in [-0.39, 0.29) is 11.8 Å². The molecule has 0 aliphatic carbocycles. The Hall–Kier alpha value is -0.970. The highest BCUT2D eigenvalue weighted by atomic mass is 32.1. The second-order valence-electron chi connectivity index (χ2n) is 2.96. The first-order valence-electron chi connectivity index (χ1n) is 4.32. The largest absolute Gasteiger partial charge is 0.315 e. The van der Waals surface area contributed by atoms with Gasteiger partial charge in [-0.15, -0.1) is 5.10 Å². The van der Waals surface area contributed by atoms with E-state index in [0.717, 1.165) is 12.8 Å². The molecule has 0 fully saturated rings. The van der Waals surface area contributed by atoms with Crippen molar-refractivity contribution in [2.45, 2.75) is 26.7 Å². The molecule has 1 aromatic heterocycles. The Kier molecular flexibility index (Phi) is 3.82. The molecule has 0 spiro atoms. The fourth-order valence-corrected chi connectivity index (χ4v) is 1.45. The number of carbonyl (C=O) groups is 1. The molecule has 0 aliphatic rings. The number of nitrogens with zero attached hydrogens (tertiary/aromatic N) is 2. The van der Waals surface area contributed by atoms with Crippen molar-refractivity contribution in [3.8, 4) is 0 Å². The zero-order chi connectivity index (χ0) is 9.68. The Balaban J connectivity index is 2.41. The molecule has 0 aliphatic heterocycles. The molecule has 0 saturated heterocycles. The highest BCUT2D eigenvalue weighted by Crippen LogP contribution is 2.13. The zero-order valence-corrected chi connectivity index (χ0v) is 8.60. The van der Waals surface area contributed by atoms with Crippen molar-refractivity contribution >= 4 is 22.4 Å². The maximum atomic E-state index is 11.4. The molecule has 1 atom stereocenters. The van der Waals surface area contributed by atoms with E-state index in [4.69, 9.17) is 0 Å². The molecule has 5 heteroatoms. The van der Waals surface area contributed by atoms with Crippen molar-refractivity contribution < 1.29 is 4.79 Å². The number of nitrogens with one attached hydrogen (secondary N) is 1. The number of aromatic nitrogens is 2. The summed E-state index contributed by atoms with van der Waals surface area (Å²) in [5, 5.41) is 7.11. The maximum Gasteiger partial charge on any atom is 0.227 e. The lowest BCUT2D eigenvalue weighted by Gasteiger charge is -2.08. The van der Waals surface area contributed by atoms with Gasteiger partial charge in [0.2, 0.25) is 5.91 Å². The third-order valence-electron chi connectivity index (χ3n) is 1.78. The lowest BCUT2D eigenvalue weighted by Crippen LogP contribution is -2.19. The van der Waals surface area contributed by atoms with Gasteiger partial charge >= 0.3 is 0 Å². The molecule has 1 aromatic rings. The normalized spacial score (nSPS) is 12.5. The molecule has 0 aromatic carbocycles. The average Bonchev–Trinajstić information content (AvgIpc) is 2.57. The van der Waals surface area contributed by atoms with Crippen molar-refractivity contribution in [2.75, 3.05) is 5.32 Å².